The molecule has 0 atom stereocenters. The highest BCUT2D eigenvalue weighted by Crippen LogP contribution is 2.39. The van der Waals surface area contributed by atoms with E-state index in [1.54, 1.807) is 40.2 Å². The van der Waals surface area contributed by atoms with Gasteiger partial charge >= 0.3 is 0 Å². The maximum absolute atomic E-state index is 5.54. The normalized spacial score (nSPS) is 11.5. The average molecular weight is 637 g/mol. The summed E-state index contributed by atoms with van der Waals surface area (Å²) in [5.41, 5.74) is 6.66. The molecule has 0 aliphatic heterocycles. The van der Waals surface area contributed by atoms with Crippen LogP contribution in [0.3, 0.4) is 0 Å². The van der Waals surface area contributed by atoms with Crippen molar-refractivity contribution in [1.82, 2.24) is 9.13 Å². The van der Waals surface area contributed by atoms with Crippen LogP contribution < -0.4 is 18.9 Å². The molecule has 2 heterocycles. The molecule has 8 aromatic rings. The van der Waals surface area contributed by atoms with Gasteiger partial charge in [0.05, 0.1) is 50.5 Å². The summed E-state index contributed by atoms with van der Waals surface area (Å²) < 4.78 is 26.8. The number of methoxy groups -OCH3 is 4. The summed E-state index contributed by atoms with van der Waals surface area (Å²) in [7, 11) is 6.80. The Bertz CT molecular complexity index is 2130. The molecule has 0 amide bonds. The summed E-state index contributed by atoms with van der Waals surface area (Å²) in [4.78, 5) is 2.34. The van der Waals surface area contributed by atoms with Gasteiger partial charge in [-0.1, -0.05) is 11.8 Å². The fraction of sp³-hybridized carbons (Fsp3) is 0.100. The maximum Gasteiger partial charge on any atom is 0.119 e. The molecule has 0 radical (unpaired) electrons. The highest BCUT2D eigenvalue weighted by molar-refractivity contribution is 7.99. The average Bonchev–Trinajstić information content (AvgIpc) is 3.63. The fourth-order valence-corrected chi connectivity index (χ4v) is 7.31. The van der Waals surface area contributed by atoms with Gasteiger partial charge in [0, 0.05) is 42.7 Å². The van der Waals surface area contributed by atoms with Crippen LogP contribution in [0.2, 0.25) is 0 Å². The summed E-state index contributed by atoms with van der Waals surface area (Å²) in [6, 6.07) is 42.4. The number of fused-ring (bicyclic) bond motifs is 6. The minimum absolute atomic E-state index is 0.829. The molecular formula is C40H32N2O4S. The zero-order valence-corrected chi connectivity index (χ0v) is 27.3. The summed E-state index contributed by atoms with van der Waals surface area (Å²) >= 11 is 1.75. The Hall–Kier alpha value is -5.53. The second kappa shape index (κ2) is 11.7. The quantitative estimate of drug-likeness (QED) is 0.166. The Morgan fingerprint density at radius 1 is 0.362 bits per heavy atom. The molecule has 0 saturated heterocycles. The van der Waals surface area contributed by atoms with Crippen molar-refractivity contribution >= 4 is 55.4 Å². The molecule has 0 fully saturated rings. The van der Waals surface area contributed by atoms with E-state index in [4.69, 9.17) is 18.9 Å². The first-order chi connectivity index (χ1) is 23.1. The van der Waals surface area contributed by atoms with Crippen molar-refractivity contribution in [2.75, 3.05) is 28.4 Å². The van der Waals surface area contributed by atoms with Crippen molar-refractivity contribution in [1.29, 1.82) is 0 Å². The molecule has 0 unspecified atom stereocenters. The first kappa shape index (κ1) is 28.9. The molecule has 6 aromatic carbocycles. The molecular weight excluding hydrogens is 605 g/mol. The van der Waals surface area contributed by atoms with Gasteiger partial charge in [0.15, 0.2) is 0 Å². The number of rotatable bonds is 8. The summed E-state index contributed by atoms with van der Waals surface area (Å²) in [6.45, 7) is 0. The van der Waals surface area contributed by atoms with Crippen LogP contribution in [-0.4, -0.2) is 37.6 Å². The van der Waals surface area contributed by atoms with Gasteiger partial charge in [0.1, 0.15) is 23.0 Å². The van der Waals surface area contributed by atoms with Crippen LogP contribution in [0, 0.1) is 0 Å². The van der Waals surface area contributed by atoms with Crippen LogP contribution in [-0.2, 0) is 0 Å². The highest BCUT2D eigenvalue weighted by atomic mass is 32.2. The third-order valence-electron chi connectivity index (χ3n) is 8.78. The van der Waals surface area contributed by atoms with Gasteiger partial charge in [0.25, 0.3) is 0 Å². The van der Waals surface area contributed by atoms with E-state index in [9.17, 15) is 0 Å². The lowest BCUT2D eigenvalue weighted by molar-refractivity contribution is 0.415. The first-order valence-electron chi connectivity index (χ1n) is 15.3. The van der Waals surface area contributed by atoms with E-state index in [2.05, 4.69) is 106 Å². The number of ether oxygens (including phenoxy) is 4. The van der Waals surface area contributed by atoms with Gasteiger partial charge in [0.2, 0.25) is 0 Å². The Morgan fingerprint density at radius 2 is 0.638 bits per heavy atom. The number of hydrogen-bond acceptors (Lipinski definition) is 5. The maximum atomic E-state index is 5.54. The molecule has 0 saturated carbocycles. The van der Waals surface area contributed by atoms with E-state index in [0.29, 0.717) is 0 Å². The van der Waals surface area contributed by atoms with Gasteiger partial charge in [-0.3, -0.25) is 0 Å². The van der Waals surface area contributed by atoms with Gasteiger partial charge in [-0.05, 0) is 121 Å². The second-order valence-electron chi connectivity index (χ2n) is 11.3. The van der Waals surface area contributed by atoms with Crippen LogP contribution in [0.1, 0.15) is 0 Å². The van der Waals surface area contributed by atoms with Crippen LogP contribution in [0.5, 0.6) is 23.0 Å². The second-order valence-corrected chi connectivity index (χ2v) is 12.4. The monoisotopic (exact) mass is 636 g/mol. The zero-order valence-electron chi connectivity index (χ0n) is 26.5. The lowest BCUT2D eigenvalue weighted by Gasteiger charge is -2.11. The number of benzene rings is 6. The Kier molecular flexibility index (Phi) is 7.18. The predicted octanol–water partition coefficient (Wildman–Crippen LogP) is 10.1. The Morgan fingerprint density at radius 3 is 0.894 bits per heavy atom. The van der Waals surface area contributed by atoms with Crippen molar-refractivity contribution in [3.05, 3.63) is 121 Å². The van der Waals surface area contributed by atoms with E-state index in [1.807, 2.05) is 24.3 Å². The standard InChI is InChI=1S/C40H32N2O4S/c1-43-27-9-17-37-33(21-27)34-22-28(44-2)10-18-38(34)41(37)25-5-13-31(14-6-25)47-32-15-7-26(8-16-32)42-39-19-11-29(45-3)23-35(39)36-24-30(46-4)12-20-40(36)42/h5-24H,1-4H3. The summed E-state index contributed by atoms with van der Waals surface area (Å²) in [5, 5.41) is 4.49. The van der Waals surface area contributed by atoms with Crippen molar-refractivity contribution < 1.29 is 18.9 Å². The topological polar surface area (TPSA) is 46.8 Å². The number of nitrogens with zero attached hydrogens (tertiary/aromatic N) is 2. The van der Waals surface area contributed by atoms with E-state index in [1.165, 1.54) is 9.79 Å². The summed E-state index contributed by atoms with van der Waals surface area (Å²) in [5.74, 6) is 3.32. The smallest absolute Gasteiger partial charge is 0.119 e. The van der Waals surface area contributed by atoms with Crippen molar-refractivity contribution in [3.8, 4) is 34.4 Å². The third kappa shape index (κ3) is 4.91. The Labute approximate surface area is 276 Å². The fourth-order valence-electron chi connectivity index (χ4n) is 6.49. The minimum Gasteiger partial charge on any atom is -0.497 e. The molecule has 0 spiro atoms. The van der Waals surface area contributed by atoms with Gasteiger partial charge in [-0.25, -0.2) is 0 Å². The van der Waals surface area contributed by atoms with Gasteiger partial charge < -0.3 is 28.1 Å². The van der Waals surface area contributed by atoms with Gasteiger partial charge in [-0.2, -0.15) is 0 Å². The van der Waals surface area contributed by atoms with Crippen molar-refractivity contribution in [2.24, 2.45) is 0 Å². The van der Waals surface area contributed by atoms with E-state index < -0.39 is 0 Å². The van der Waals surface area contributed by atoms with Crippen LogP contribution >= 0.6 is 11.8 Å². The largest absolute Gasteiger partial charge is 0.497 e. The SMILES string of the molecule is COc1ccc2c(c1)c1cc(OC)ccc1n2-c1ccc(Sc2ccc(-n3c4ccc(OC)cc4c4cc(OC)ccc43)cc2)cc1. The van der Waals surface area contributed by atoms with Crippen LogP contribution in [0.15, 0.2) is 131 Å². The molecule has 8 rings (SSSR count). The van der Waals surface area contributed by atoms with Crippen molar-refractivity contribution in [2.45, 2.75) is 9.79 Å². The van der Waals surface area contributed by atoms with E-state index in [0.717, 1.165) is 78.0 Å². The van der Waals surface area contributed by atoms with Gasteiger partial charge in [-0.15, -0.1) is 0 Å². The molecule has 7 heteroatoms. The van der Waals surface area contributed by atoms with E-state index >= 15 is 0 Å². The Balaban J connectivity index is 1.12. The predicted molar refractivity (Wildman–Crippen MR) is 192 cm³/mol. The molecule has 232 valence electrons. The molecule has 2 aromatic heterocycles. The number of aromatic nitrogens is 2. The van der Waals surface area contributed by atoms with Crippen molar-refractivity contribution in [3.63, 3.8) is 0 Å². The lowest BCUT2D eigenvalue weighted by atomic mass is 10.1. The third-order valence-corrected chi connectivity index (χ3v) is 9.80. The molecule has 0 aliphatic rings. The molecule has 6 nitrogen and oxygen atoms in total. The highest BCUT2D eigenvalue weighted by Gasteiger charge is 2.16. The molecule has 0 N–H and O–H groups in total. The van der Waals surface area contributed by atoms with Crippen LogP contribution in [0.4, 0.5) is 0 Å². The zero-order chi connectivity index (χ0) is 32.1. The first-order valence-corrected chi connectivity index (χ1v) is 16.1. The molecule has 47 heavy (non-hydrogen) atoms. The van der Waals surface area contributed by atoms with E-state index in [-0.39, 0.29) is 0 Å². The van der Waals surface area contributed by atoms with Crippen LogP contribution in [0.25, 0.3) is 55.0 Å². The number of hydrogen-bond donors (Lipinski definition) is 0. The summed E-state index contributed by atoms with van der Waals surface area (Å²) in [6.07, 6.45) is 0. The lowest BCUT2D eigenvalue weighted by Crippen LogP contribution is -1.94. The minimum atomic E-state index is 0.829. The molecule has 0 aliphatic carbocycles. The molecule has 0 bridgehead atoms.